The van der Waals surface area contributed by atoms with Gasteiger partial charge < -0.3 is 10.5 Å². The summed E-state index contributed by atoms with van der Waals surface area (Å²) in [5, 5.41) is 0. The Morgan fingerprint density at radius 3 is 2.78 bits per heavy atom. The Balaban J connectivity index is 1.74. The molecule has 2 bridgehead atoms. The van der Waals surface area contributed by atoms with Crippen molar-refractivity contribution >= 4 is 5.97 Å². The van der Waals surface area contributed by atoms with Gasteiger partial charge in [-0.1, -0.05) is 6.42 Å². The van der Waals surface area contributed by atoms with Crippen LogP contribution < -0.4 is 5.73 Å². The van der Waals surface area contributed by atoms with Crippen LogP contribution in [-0.2, 0) is 9.53 Å². The summed E-state index contributed by atoms with van der Waals surface area (Å²) in [7, 11) is 0. The van der Waals surface area contributed by atoms with Gasteiger partial charge in [-0.15, -0.1) is 0 Å². The van der Waals surface area contributed by atoms with Crippen molar-refractivity contribution in [2.75, 3.05) is 6.54 Å². The average molecular weight is 251 g/mol. The van der Waals surface area contributed by atoms with Gasteiger partial charge in [0.1, 0.15) is 0 Å². The number of rotatable bonds is 4. The molecule has 0 amide bonds. The highest BCUT2D eigenvalue weighted by Crippen LogP contribution is 2.70. The Hall–Kier alpha value is -0.570. The Bertz CT molecular complexity index is 346. The van der Waals surface area contributed by atoms with Gasteiger partial charge in [-0.3, -0.25) is 4.79 Å². The van der Waals surface area contributed by atoms with Crippen molar-refractivity contribution < 1.29 is 9.53 Å². The lowest BCUT2D eigenvalue weighted by Gasteiger charge is -2.59. The third-order valence-electron chi connectivity index (χ3n) is 5.81. The first kappa shape index (κ1) is 12.5. The molecule has 18 heavy (non-hydrogen) atoms. The fraction of sp³-hybridized carbons (Fsp3) is 0.933. The molecular formula is C15H25NO2. The summed E-state index contributed by atoms with van der Waals surface area (Å²) in [5.74, 6) is 3.17. The Morgan fingerprint density at radius 2 is 2.11 bits per heavy atom. The first-order valence-corrected chi connectivity index (χ1v) is 7.46. The van der Waals surface area contributed by atoms with Crippen LogP contribution in [0.25, 0.3) is 0 Å². The van der Waals surface area contributed by atoms with E-state index in [1.54, 1.807) is 0 Å². The molecule has 0 saturated heterocycles. The summed E-state index contributed by atoms with van der Waals surface area (Å²) in [4.78, 5) is 12.0. The van der Waals surface area contributed by atoms with E-state index in [1.807, 2.05) is 13.8 Å². The predicted octanol–water partition coefficient (Wildman–Crippen LogP) is 2.34. The Labute approximate surface area is 109 Å². The SMILES string of the molecule is CC(C)OC(=O)C[C@]1(CN)[C@@H]2C[C@@H]3CC[C@H]1[C@H]2C3. The van der Waals surface area contributed by atoms with Gasteiger partial charge in [0.2, 0.25) is 0 Å². The number of carbonyl (C=O) groups excluding carboxylic acids is 1. The third kappa shape index (κ3) is 1.63. The molecule has 3 aliphatic carbocycles. The molecule has 0 aromatic heterocycles. The second-order valence-electron chi connectivity index (χ2n) is 6.94. The van der Waals surface area contributed by atoms with Crippen molar-refractivity contribution in [1.82, 2.24) is 0 Å². The van der Waals surface area contributed by atoms with Gasteiger partial charge in [0.05, 0.1) is 12.5 Å². The summed E-state index contributed by atoms with van der Waals surface area (Å²) in [6.07, 6.45) is 5.91. The zero-order valence-corrected chi connectivity index (χ0v) is 11.5. The maximum Gasteiger partial charge on any atom is 0.306 e. The van der Waals surface area contributed by atoms with Gasteiger partial charge in [-0.05, 0) is 68.7 Å². The lowest BCUT2D eigenvalue weighted by molar-refractivity contribution is -0.165. The van der Waals surface area contributed by atoms with E-state index in [-0.39, 0.29) is 17.5 Å². The maximum absolute atomic E-state index is 12.0. The monoisotopic (exact) mass is 251 g/mol. The molecule has 3 heteroatoms. The molecule has 2 N–H and O–H groups in total. The summed E-state index contributed by atoms with van der Waals surface area (Å²) in [6, 6.07) is 0. The lowest BCUT2D eigenvalue weighted by atomic mass is 9.45. The van der Waals surface area contributed by atoms with E-state index in [0.717, 1.165) is 11.8 Å². The highest BCUT2D eigenvalue weighted by molar-refractivity contribution is 5.71. The zero-order valence-electron chi connectivity index (χ0n) is 11.5. The van der Waals surface area contributed by atoms with E-state index in [4.69, 9.17) is 10.5 Å². The molecule has 3 saturated carbocycles. The molecule has 5 atom stereocenters. The Kier molecular flexibility index (Phi) is 2.92. The van der Waals surface area contributed by atoms with Crippen molar-refractivity contribution in [3.8, 4) is 0 Å². The van der Waals surface area contributed by atoms with Gasteiger partial charge in [-0.2, -0.15) is 0 Å². The predicted molar refractivity (Wildman–Crippen MR) is 69.8 cm³/mol. The number of hydrogen-bond donors (Lipinski definition) is 1. The molecule has 0 unspecified atom stereocenters. The topological polar surface area (TPSA) is 52.3 Å². The summed E-state index contributed by atoms with van der Waals surface area (Å²) in [6.45, 7) is 4.49. The Morgan fingerprint density at radius 1 is 1.33 bits per heavy atom. The number of ether oxygens (including phenoxy) is 1. The average Bonchev–Trinajstić information content (AvgIpc) is 2.50. The summed E-state index contributed by atoms with van der Waals surface area (Å²) >= 11 is 0. The largest absolute Gasteiger partial charge is 0.463 e. The third-order valence-corrected chi connectivity index (χ3v) is 5.81. The van der Waals surface area contributed by atoms with Crippen LogP contribution >= 0.6 is 0 Å². The molecule has 3 rings (SSSR count). The van der Waals surface area contributed by atoms with Crippen LogP contribution in [0, 0.1) is 29.1 Å². The number of nitrogens with two attached hydrogens (primary N) is 1. The number of carbonyl (C=O) groups is 1. The normalized spacial score (nSPS) is 44.9. The minimum absolute atomic E-state index is 0.0110. The summed E-state index contributed by atoms with van der Waals surface area (Å²) < 4.78 is 5.34. The second kappa shape index (κ2) is 4.22. The highest BCUT2D eigenvalue weighted by Gasteiger charge is 2.65. The molecule has 3 aliphatic rings. The van der Waals surface area contributed by atoms with Crippen LogP contribution in [0.5, 0.6) is 0 Å². The molecule has 0 aliphatic heterocycles. The second-order valence-corrected chi connectivity index (χ2v) is 6.94. The highest BCUT2D eigenvalue weighted by atomic mass is 16.5. The van der Waals surface area contributed by atoms with E-state index in [1.165, 1.54) is 25.7 Å². The number of fused-ring (bicyclic) bond motifs is 1. The van der Waals surface area contributed by atoms with Crippen LogP contribution in [0.15, 0.2) is 0 Å². The smallest absolute Gasteiger partial charge is 0.306 e. The first-order valence-electron chi connectivity index (χ1n) is 7.46. The first-order chi connectivity index (χ1) is 8.56. The van der Waals surface area contributed by atoms with Crippen molar-refractivity contribution in [2.45, 2.75) is 52.1 Å². The van der Waals surface area contributed by atoms with Crippen molar-refractivity contribution in [2.24, 2.45) is 34.8 Å². The van der Waals surface area contributed by atoms with Crippen LogP contribution in [0.1, 0.15) is 46.0 Å². The van der Waals surface area contributed by atoms with E-state index in [2.05, 4.69) is 0 Å². The zero-order chi connectivity index (χ0) is 12.9. The number of esters is 1. The van der Waals surface area contributed by atoms with Crippen LogP contribution in [0.2, 0.25) is 0 Å². The van der Waals surface area contributed by atoms with Crippen molar-refractivity contribution in [3.05, 3.63) is 0 Å². The van der Waals surface area contributed by atoms with Gasteiger partial charge in [0, 0.05) is 0 Å². The standard InChI is InChI=1S/C15H25NO2/c1-9(2)18-14(17)7-15(8-16)12-4-3-10-5-11(12)13(15)6-10/h9-13H,3-8,16H2,1-2H3/t10-,11-,12+,13-,15-/m1/s1. The minimum atomic E-state index is -0.0377. The fourth-order valence-corrected chi connectivity index (χ4v) is 5.23. The molecule has 0 aromatic rings. The van der Waals surface area contributed by atoms with Gasteiger partial charge in [0.15, 0.2) is 0 Å². The molecule has 3 fully saturated rings. The van der Waals surface area contributed by atoms with Crippen molar-refractivity contribution in [3.63, 3.8) is 0 Å². The maximum atomic E-state index is 12.0. The molecule has 0 spiro atoms. The summed E-state index contributed by atoms with van der Waals surface area (Å²) in [5.41, 5.74) is 6.17. The number of hydrogen-bond acceptors (Lipinski definition) is 3. The van der Waals surface area contributed by atoms with Gasteiger partial charge in [0.25, 0.3) is 0 Å². The van der Waals surface area contributed by atoms with Crippen molar-refractivity contribution in [1.29, 1.82) is 0 Å². The van der Waals surface area contributed by atoms with E-state index in [0.29, 0.717) is 24.8 Å². The van der Waals surface area contributed by atoms with Gasteiger partial charge in [-0.25, -0.2) is 0 Å². The van der Waals surface area contributed by atoms with E-state index >= 15 is 0 Å². The molecule has 0 radical (unpaired) electrons. The molecule has 3 nitrogen and oxygen atoms in total. The van der Waals surface area contributed by atoms with E-state index in [9.17, 15) is 4.79 Å². The van der Waals surface area contributed by atoms with Gasteiger partial charge >= 0.3 is 5.97 Å². The van der Waals surface area contributed by atoms with Crippen LogP contribution in [0.3, 0.4) is 0 Å². The quantitative estimate of drug-likeness (QED) is 0.780. The minimum Gasteiger partial charge on any atom is -0.463 e. The lowest BCUT2D eigenvalue weighted by Crippen LogP contribution is -2.59. The van der Waals surface area contributed by atoms with E-state index < -0.39 is 0 Å². The molecule has 0 heterocycles. The fourth-order valence-electron chi connectivity index (χ4n) is 5.23. The van der Waals surface area contributed by atoms with Crippen LogP contribution in [-0.4, -0.2) is 18.6 Å². The molecule has 102 valence electrons. The molecular weight excluding hydrogens is 226 g/mol. The van der Waals surface area contributed by atoms with Crippen LogP contribution in [0.4, 0.5) is 0 Å². The molecule has 0 aromatic carbocycles.